The number of aryl methyl sites for hydroxylation is 10. The SMILES string of the molecule is CCOC(=O)N1CC2CN(C(=O)c3sc4nnc(C)c(C)c4c3N)CC2C1.COc1ccc(C2CC2NC(=O)c2sc3nnc(C)c(C)c3c2N)cc1.COc1ccc([C@H]2C[C@@H]2NC(=O)c2sc3nnc(C)c(C)c3c2N)cc1.Cc1nnc2sc(C(=O)N3CC4CN(C5CCCC5)CC4C3)c(N)c2c1C.Cc1nnc2sc(C(=O)N3CC4CN(c5ccccn5)CC4C3)c(N)c2c1C. The molecular formula is C96H112N24O9S5. The highest BCUT2D eigenvalue weighted by Gasteiger charge is 2.49. The summed E-state index contributed by atoms with van der Waals surface area (Å²) in [6, 6.07) is 23.0. The second-order valence-electron chi connectivity index (χ2n) is 36.8. The largest absolute Gasteiger partial charge is 0.497 e. The number of pyridine rings is 1. The Kier molecular flexibility index (Phi) is 26.1. The molecule has 12 N–H and O–H groups in total. The molecule has 17 heterocycles. The summed E-state index contributed by atoms with van der Waals surface area (Å²) in [4.78, 5) is 100. The third kappa shape index (κ3) is 18.0. The first-order chi connectivity index (χ1) is 64.4. The van der Waals surface area contributed by atoms with Gasteiger partial charge in [0.1, 0.15) is 65.9 Å². The van der Waals surface area contributed by atoms with Crippen molar-refractivity contribution < 1.29 is 43.0 Å². The molecule has 0 bridgehead atoms. The number of thiophene rings is 5. The van der Waals surface area contributed by atoms with Crippen LogP contribution in [0, 0.1) is 105 Å². The number of ether oxygens (including phenoxy) is 3. The second-order valence-corrected chi connectivity index (χ2v) is 41.8. The van der Waals surface area contributed by atoms with Gasteiger partial charge in [-0.2, -0.15) is 25.5 Å². The third-order valence-electron chi connectivity index (χ3n) is 28.7. The van der Waals surface area contributed by atoms with Gasteiger partial charge in [-0.25, -0.2) is 9.78 Å². The molecule has 8 unspecified atom stereocenters. The van der Waals surface area contributed by atoms with E-state index in [9.17, 15) is 28.8 Å². The fraction of sp³-hybridized carbons (Fsp3) is 0.448. The van der Waals surface area contributed by atoms with Crippen LogP contribution in [-0.2, 0) is 4.74 Å². The van der Waals surface area contributed by atoms with Crippen molar-refractivity contribution in [1.29, 1.82) is 0 Å². The molecule has 10 atom stereocenters. The minimum absolute atomic E-state index is 0.0244. The fourth-order valence-corrected chi connectivity index (χ4v) is 25.4. The molecule has 0 radical (unpaired) electrons. The van der Waals surface area contributed by atoms with E-state index >= 15 is 0 Å². The van der Waals surface area contributed by atoms with E-state index in [4.69, 9.17) is 42.9 Å². The van der Waals surface area contributed by atoms with Gasteiger partial charge in [-0.1, -0.05) is 43.2 Å². The Labute approximate surface area is 795 Å². The van der Waals surface area contributed by atoms with Gasteiger partial charge in [-0.05, 0) is 189 Å². The maximum Gasteiger partial charge on any atom is 0.409 e. The first kappa shape index (κ1) is 92.2. The lowest BCUT2D eigenvalue weighted by Gasteiger charge is -2.26. The number of nitrogen functional groups attached to an aromatic ring is 5. The predicted molar refractivity (Wildman–Crippen MR) is 527 cm³/mol. The molecule has 0 spiro atoms. The fourth-order valence-electron chi connectivity index (χ4n) is 20.2. The van der Waals surface area contributed by atoms with Crippen LogP contribution >= 0.6 is 56.7 Å². The van der Waals surface area contributed by atoms with Crippen LogP contribution < -0.4 is 53.7 Å². The Morgan fingerprint density at radius 3 is 1.01 bits per heavy atom. The van der Waals surface area contributed by atoms with Crippen LogP contribution in [0.2, 0.25) is 0 Å². The summed E-state index contributed by atoms with van der Waals surface area (Å²) >= 11 is 6.65. The lowest BCUT2D eigenvalue weighted by molar-refractivity contribution is 0.0766. The van der Waals surface area contributed by atoms with Crippen molar-refractivity contribution in [2.75, 3.05) is 133 Å². The third-order valence-corrected chi connectivity index (χ3v) is 34.1. The van der Waals surface area contributed by atoms with Crippen molar-refractivity contribution in [2.45, 2.75) is 145 Å². The number of hydrogen-bond acceptors (Lipinski definition) is 32. The molecule has 9 aliphatic rings. The number of methoxy groups -OCH3 is 2. The molecule has 11 aromatic heterocycles. The van der Waals surface area contributed by atoms with E-state index in [-0.39, 0.29) is 59.5 Å². The molecule has 134 heavy (non-hydrogen) atoms. The molecule has 38 heteroatoms. The van der Waals surface area contributed by atoms with E-state index in [0.717, 1.165) is 181 Å². The molecule has 3 aliphatic carbocycles. The summed E-state index contributed by atoms with van der Waals surface area (Å²) in [6.45, 7) is 31.6. The van der Waals surface area contributed by atoms with Gasteiger partial charge < -0.3 is 78.0 Å². The Hall–Kier alpha value is -12.2. The highest BCUT2D eigenvalue weighted by Crippen LogP contribution is 2.48. The zero-order valence-electron chi connectivity index (χ0n) is 77.4. The number of nitrogens with two attached hydrogens (primary N) is 5. The van der Waals surface area contributed by atoms with Crippen LogP contribution in [0.25, 0.3) is 51.1 Å². The minimum Gasteiger partial charge on any atom is -0.497 e. The van der Waals surface area contributed by atoms with Gasteiger partial charge in [-0.15, -0.1) is 82.2 Å². The van der Waals surface area contributed by atoms with E-state index in [1.807, 2.05) is 157 Å². The molecule has 9 fully saturated rings. The average molecular weight is 1910 g/mol. The molecule has 33 nitrogen and oxygen atoms in total. The first-order valence-corrected chi connectivity index (χ1v) is 49.7. The quantitative estimate of drug-likeness (QED) is 0.0531. The molecule has 22 rings (SSSR count). The Balaban J connectivity index is 0.000000112. The number of benzene rings is 2. The molecule has 2 aromatic carbocycles. The van der Waals surface area contributed by atoms with Crippen LogP contribution in [-0.4, -0.2) is 234 Å². The van der Waals surface area contributed by atoms with Gasteiger partial charge >= 0.3 is 6.09 Å². The number of aromatic nitrogens is 11. The monoisotopic (exact) mass is 1900 g/mol. The summed E-state index contributed by atoms with van der Waals surface area (Å²) < 4.78 is 15.5. The van der Waals surface area contributed by atoms with Crippen LogP contribution in [0.1, 0.15) is 173 Å². The van der Waals surface area contributed by atoms with Gasteiger partial charge in [0.2, 0.25) is 0 Å². The number of fused-ring (bicyclic) bond motifs is 8. The minimum atomic E-state index is -0.261. The van der Waals surface area contributed by atoms with Crippen LogP contribution in [0.3, 0.4) is 0 Å². The van der Waals surface area contributed by atoms with E-state index in [1.165, 1.54) is 93.5 Å². The molecular weight excluding hydrogens is 1790 g/mol. The zero-order valence-corrected chi connectivity index (χ0v) is 81.5. The number of amides is 6. The van der Waals surface area contributed by atoms with Crippen molar-refractivity contribution in [3.63, 3.8) is 0 Å². The molecule has 3 saturated carbocycles. The van der Waals surface area contributed by atoms with Gasteiger partial charge in [0, 0.05) is 165 Å². The Morgan fingerprint density at radius 1 is 0.388 bits per heavy atom. The topological polar surface area (TPSA) is 445 Å². The van der Waals surface area contributed by atoms with Crippen molar-refractivity contribution in [1.82, 2.24) is 91.1 Å². The van der Waals surface area contributed by atoms with E-state index in [2.05, 4.69) is 76.4 Å². The number of hydrogen-bond donors (Lipinski definition) is 7. The van der Waals surface area contributed by atoms with Gasteiger partial charge in [0.15, 0.2) is 0 Å². The van der Waals surface area contributed by atoms with Gasteiger partial charge in [0.25, 0.3) is 29.5 Å². The van der Waals surface area contributed by atoms with Crippen molar-refractivity contribution in [3.05, 3.63) is 165 Å². The highest BCUT2D eigenvalue weighted by molar-refractivity contribution is 7.23. The van der Waals surface area contributed by atoms with Crippen molar-refractivity contribution in [2.24, 2.45) is 35.5 Å². The lowest BCUT2D eigenvalue weighted by atomic mass is 10.0. The van der Waals surface area contributed by atoms with Crippen LogP contribution in [0.4, 0.5) is 39.0 Å². The van der Waals surface area contributed by atoms with Crippen LogP contribution in [0.5, 0.6) is 11.5 Å². The molecule has 6 saturated heterocycles. The van der Waals surface area contributed by atoms with E-state index < -0.39 is 0 Å². The van der Waals surface area contributed by atoms with Gasteiger partial charge in [-0.3, -0.25) is 28.9 Å². The standard InChI is InChI=1S/C20H22N6OS.C20H27N5OS.2C19H20N4O2S.C18H23N5O3S/c1-11-12(2)23-24-19-16(11)17(21)18(28-19)20(27)26-9-13-7-25(8-14(13)10-26)15-5-3-4-6-22-15;1-11-12(2)22-23-19-16(11)17(21)18(27-19)20(26)25-9-13-7-24(8-14(13)10-25)15-5-3-4-6-15;2*1-9-10(2)22-23-19-15(9)16(20)17(26-19)18(24)21-14-8-13(14)11-4-6-12(25-3)7-5-11;1-4-26-18(25)23-7-11-5-22(6-12(11)8-23)17(24)15-14(19)13-9(2)10(3)20-21-16(13)27-15/h3-6,13-14H,7-10,21H2,1-2H3;13-15H,3-10,21H2,1-2H3;2*4-7,13-14H,8,20H2,1-3H3,(H,21,24);11-12H,4-8,19H2,1-3H3/t;;13-,14+;;/m..1../s1. The van der Waals surface area contributed by atoms with E-state index in [0.29, 0.717) is 136 Å². The summed E-state index contributed by atoms with van der Waals surface area (Å²) in [5.41, 5.74) is 45.8. The summed E-state index contributed by atoms with van der Waals surface area (Å²) in [5.74, 6) is 5.91. The number of carbonyl (C=O) groups is 6. The Bertz CT molecular complexity index is 6530. The summed E-state index contributed by atoms with van der Waals surface area (Å²) in [6.07, 6.45) is 8.92. The molecule has 700 valence electrons. The molecule has 13 aromatic rings. The van der Waals surface area contributed by atoms with Gasteiger partial charge in [0.05, 0.1) is 77.7 Å². The Morgan fingerprint density at radius 2 is 0.694 bits per heavy atom. The number of nitrogens with zero attached hydrogens (tertiary/aromatic N) is 17. The normalized spacial score (nSPS) is 21.5. The number of likely N-dealkylation sites (tertiary alicyclic amines) is 5. The summed E-state index contributed by atoms with van der Waals surface area (Å²) in [5, 5.41) is 52.3. The zero-order chi connectivity index (χ0) is 94.3. The van der Waals surface area contributed by atoms with E-state index in [1.54, 1.807) is 26.0 Å². The highest BCUT2D eigenvalue weighted by atomic mass is 32.1. The lowest BCUT2D eigenvalue weighted by Crippen LogP contribution is -2.36. The maximum atomic E-state index is 13.2. The first-order valence-electron chi connectivity index (χ1n) is 45.6. The number of carbonyl (C=O) groups excluding carboxylic acids is 6. The average Bonchev–Trinajstić information content (AvgIpc) is 1.62. The maximum absolute atomic E-state index is 13.2. The predicted octanol–water partition coefficient (Wildman–Crippen LogP) is 13.8. The number of rotatable bonds is 14. The van der Waals surface area contributed by atoms with Crippen molar-refractivity contribution >= 4 is 178 Å². The number of anilines is 6. The van der Waals surface area contributed by atoms with Crippen molar-refractivity contribution in [3.8, 4) is 11.5 Å². The van der Waals surface area contributed by atoms with Crippen LogP contribution in [0.15, 0.2) is 72.9 Å². The molecule has 6 amide bonds. The smallest absolute Gasteiger partial charge is 0.409 e. The second kappa shape index (κ2) is 37.9. The summed E-state index contributed by atoms with van der Waals surface area (Å²) in [7, 11) is 3.30. The number of nitrogens with one attached hydrogen (secondary N) is 2. The molecule has 6 aliphatic heterocycles.